The highest BCUT2D eigenvalue weighted by Gasteiger charge is 2.39. The van der Waals surface area contributed by atoms with Crippen molar-refractivity contribution in [1.82, 2.24) is 5.32 Å². The molecule has 0 unspecified atom stereocenters. The van der Waals surface area contributed by atoms with Crippen molar-refractivity contribution in [3.63, 3.8) is 0 Å². The molecule has 1 aromatic heterocycles. The Morgan fingerprint density at radius 3 is 2.76 bits per heavy atom. The molecule has 6 heteroatoms. The van der Waals surface area contributed by atoms with E-state index in [-0.39, 0.29) is 17.4 Å². The summed E-state index contributed by atoms with van der Waals surface area (Å²) in [7, 11) is -3.00. The Labute approximate surface area is 129 Å². The van der Waals surface area contributed by atoms with Gasteiger partial charge < -0.3 is 5.32 Å². The summed E-state index contributed by atoms with van der Waals surface area (Å²) in [6, 6.07) is 2.01. The number of thiophene rings is 1. The van der Waals surface area contributed by atoms with Crippen LogP contribution in [0.3, 0.4) is 0 Å². The molecule has 1 saturated heterocycles. The van der Waals surface area contributed by atoms with Gasteiger partial charge in [0, 0.05) is 4.88 Å². The topological polar surface area (TPSA) is 63.2 Å². The van der Waals surface area contributed by atoms with Gasteiger partial charge in [-0.3, -0.25) is 4.79 Å². The van der Waals surface area contributed by atoms with Crippen LogP contribution in [0.1, 0.15) is 52.7 Å². The van der Waals surface area contributed by atoms with Crippen LogP contribution in [-0.2, 0) is 22.7 Å². The third kappa shape index (κ3) is 3.31. The Kier molecular flexibility index (Phi) is 3.86. The number of carbonyl (C=O) groups excluding carboxylic acids is 1. The lowest BCUT2D eigenvalue weighted by Crippen LogP contribution is -2.46. The average Bonchev–Trinajstić information content (AvgIpc) is 2.83. The summed E-state index contributed by atoms with van der Waals surface area (Å²) in [5.74, 6) is 0.106. The predicted molar refractivity (Wildman–Crippen MR) is 84.7 cm³/mol. The van der Waals surface area contributed by atoms with Crippen molar-refractivity contribution >= 4 is 27.1 Å². The minimum absolute atomic E-state index is 0.0524. The van der Waals surface area contributed by atoms with Crippen LogP contribution in [-0.4, -0.2) is 31.4 Å². The smallest absolute Gasteiger partial charge is 0.261 e. The lowest BCUT2D eigenvalue weighted by Gasteiger charge is -2.23. The third-order valence-electron chi connectivity index (χ3n) is 4.39. The molecule has 1 amide bonds. The number of carbonyl (C=O) groups is 1. The molecule has 1 aliphatic carbocycles. The molecule has 1 N–H and O–H groups in total. The molecule has 21 heavy (non-hydrogen) atoms. The second-order valence-corrected chi connectivity index (χ2v) is 9.80. The van der Waals surface area contributed by atoms with Crippen LogP contribution in [0.5, 0.6) is 0 Å². The van der Waals surface area contributed by atoms with Gasteiger partial charge in [0.25, 0.3) is 5.91 Å². The van der Waals surface area contributed by atoms with Gasteiger partial charge in [0.2, 0.25) is 0 Å². The molecule has 0 radical (unpaired) electrons. The molecular weight excluding hydrogens is 306 g/mol. The quantitative estimate of drug-likeness (QED) is 0.848. The van der Waals surface area contributed by atoms with Crippen molar-refractivity contribution in [2.45, 2.75) is 51.0 Å². The van der Waals surface area contributed by atoms with E-state index in [4.69, 9.17) is 0 Å². The number of hydrogen-bond donors (Lipinski definition) is 1. The zero-order valence-corrected chi connectivity index (χ0v) is 13.9. The summed E-state index contributed by atoms with van der Waals surface area (Å²) in [6.45, 7) is 1.83. The highest BCUT2D eigenvalue weighted by Crippen LogP contribution is 2.30. The second kappa shape index (κ2) is 5.39. The van der Waals surface area contributed by atoms with Crippen LogP contribution in [0, 0.1) is 0 Å². The Bertz CT molecular complexity index is 639. The molecular formula is C15H21NO3S2. The van der Waals surface area contributed by atoms with Crippen LogP contribution in [0.25, 0.3) is 0 Å². The summed E-state index contributed by atoms with van der Waals surface area (Å²) in [6.07, 6.45) is 6.29. The van der Waals surface area contributed by atoms with Gasteiger partial charge in [-0.1, -0.05) is 6.42 Å². The van der Waals surface area contributed by atoms with E-state index in [2.05, 4.69) is 5.32 Å². The van der Waals surface area contributed by atoms with Crippen LogP contribution < -0.4 is 5.32 Å². The highest BCUT2D eigenvalue weighted by atomic mass is 32.2. The molecule has 2 aliphatic rings. The maximum absolute atomic E-state index is 12.4. The molecule has 116 valence electrons. The van der Waals surface area contributed by atoms with E-state index in [1.165, 1.54) is 29.7 Å². The summed E-state index contributed by atoms with van der Waals surface area (Å²) in [4.78, 5) is 14.5. The Morgan fingerprint density at radius 1 is 1.29 bits per heavy atom. The standard InChI is InChI=1S/C15H21NO3S2/c1-15(7-8-21(18,19)10-15)16-14(17)13-9-11-5-3-2-4-6-12(11)20-13/h9H,2-8,10H2,1H3,(H,16,17)/t15-/m1/s1. The normalized spacial score (nSPS) is 27.9. The Balaban J connectivity index is 1.74. The van der Waals surface area contributed by atoms with Gasteiger partial charge in [0.1, 0.15) is 0 Å². The molecule has 1 aromatic rings. The number of hydrogen-bond acceptors (Lipinski definition) is 4. The van der Waals surface area contributed by atoms with E-state index in [0.29, 0.717) is 6.42 Å². The van der Waals surface area contributed by atoms with Gasteiger partial charge in [0.15, 0.2) is 9.84 Å². The predicted octanol–water partition coefficient (Wildman–Crippen LogP) is 2.32. The molecule has 1 fully saturated rings. The second-order valence-electron chi connectivity index (χ2n) is 6.48. The molecule has 4 nitrogen and oxygen atoms in total. The zero-order valence-electron chi connectivity index (χ0n) is 12.3. The van der Waals surface area contributed by atoms with E-state index >= 15 is 0 Å². The molecule has 0 aromatic carbocycles. The first-order valence-electron chi connectivity index (χ1n) is 7.51. The molecule has 3 rings (SSSR count). The van der Waals surface area contributed by atoms with Gasteiger partial charge in [-0.15, -0.1) is 11.3 Å². The average molecular weight is 327 g/mol. The number of amides is 1. The van der Waals surface area contributed by atoms with Gasteiger partial charge in [-0.25, -0.2) is 8.42 Å². The fourth-order valence-electron chi connectivity index (χ4n) is 3.22. The lowest BCUT2D eigenvalue weighted by atomic mass is 10.0. The van der Waals surface area contributed by atoms with Crippen molar-refractivity contribution in [2.24, 2.45) is 0 Å². The van der Waals surface area contributed by atoms with E-state index < -0.39 is 15.4 Å². The zero-order chi connectivity index (χ0) is 15.1. The van der Waals surface area contributed by atoms with Gasteiger partial charge in [-0.2, -0.15) is 0 Å². The molecule has 1 aliphatic heterocycles. The van der Waals surface area contributed by atoms with Crippen LogP contribution in [0.4, 0.5) is 0 Å². The third-order valence-corrected chi connectivity index (χ3v) is 7.53. The first-order chi connectivity index (χ1) is 9.87. The largest absolute Gasteiger partial charge is 0.345 e. The number of fused-ring (bicyclic) bond motifs is 1. The van der Waals surface area contributed by atoms with Gasteiger partial charge >= 0.3 is 0 Å². The SMILES string of the molecule is C[C@@]1(NC(=O)c2cc3c(s2)CCCCC3)CCS(=O)(=O)C1. The van der Waals surface area contributed by atoms with Crippen molar-refractivity contribution in [2.75, 3.05) is 11.5 Å². The summed E-state index contributed by atoms with van der Waals surface area (Å²) in [5, 5.41) is 2.94. The maximum Gasteiger partial charge on any atom is 0.261 e. The van der Waals surface area contributed by atoms with Crippen LogP contribution >= 0.6 is 11.3 Å². The molecule has 0 saturated carbocycles. The van der Waals surface area contributed by atoms with Crippen molar-refractivity contribution in [3.8, 4) is 0 Å². The number of sulfone groups is 1. The first-order valence-corrected chi connectivity index (χ1v) is 10.2. The van der Waals surface area contributed by atoms with E-state index in [9.17, 15) is 13.2 Å². The highest BCUT2D eigenvalue weighted by molar-refractivity contribution is 7.91. The number of aryl methyl sites for hydroxylation is 2. The van der Waals surface area contributed by atoms with E-state index in [0.717, 1.165) is 17.7 Å². The number of nitrogens with one attached hydrogen (secondary N) is 1. The van der Waals surface area contributed by atoms with Crippen molar-refractivity contribution in [3.05, 3.63) is 21.4 Å². The van der Waals surface area contributed by atoms with Crippen LogP contribution in [0.2, 0.25) is 0 Å². The molecule has 1 atom stereocenters. The fraction of sp³-hybridized carbons (Fsp3) is 0.667. The minimum atomic E-state index is -3.00. The Hall–Kier alpha value is -0.880. The first kappa shape index (κ1) is 15.0. The lowest BCUT2D eigenvalue weighted by molar-refractivity contribution is 0.0919. The van der Waals surface area contributed by atoms with Crippen molar-refractivity contribution in [1.29, 1.82) is 0 Å². The molecule has 0 spiro atoms. The van der Waals surface area contributed by atoms with Crippen LogP contribution in [0.15, 0.2) is 6.07 Å². The summed E-state index contributed by atoms with van der Waals surface area (Å²) in [5.41, 5.74) is 0.698. The van der Waals surface area contributed by atoms with Gasteiger partial charge in [0.05, 0.1) is 21.9 Å². The minimum Gasteiger partial charge on any atom is -0.345 e. The van der Waals surface area contributed by atoms with Crippen molar-refractivity contribution < 1.29 is 13.2 Å². The van der Waals surface area contributed by atoms with E-state index in [1.54, 1.807) is 11.3 Å². The monoisotopic (exact) mass is 327 g/mol. The van der Waals surface area contributed by atoms with Gasteiger partial charge in [-0.05, 0) is 50.7 Å². The molecule has 0 bridgehead atoms. The fourth-order valence-corrected chi connectivity index (χ4v) is 6.47. The summed E-state index contributed by atoms with van der Waals surface area (Å²) < 4.78 is 23.2. The maximum atomic E-state index is 12.4. The van der Waals surface area contributed by atoms with E-state index in [1.807, 2.05) is 13.0 Å². The summed E-state index contributed by atoms with van der Waals surface area (Å²) >= 11 is 1.58. The number of rotatable bonds is 2. The Morgan fingerprint density at radius 2 is 2.05 bits per heavy atom. The molecule has 2 heterocycles.